The summed E-state index contributed by atoms with van der Waals surface area (Å²) >= 11 is 0. The van der Waals surface area contributed by atoms with E-state index < -0.39 is 24.9 Å². The monoisotopic (exact) mass is 330 g/mol. The maximum absolute atomic E-state index is 12.1. The van der Waals surface area contributed by atoms with Gasteiger partial charge in [0.1, 0.15) is 6.54 Å². The molecule has 0 spiro atoms. The largest absolute Gasteiger partial charge is 0.475 e. The van der Waals surface area contributed by atoms with Crippen LogP contribution in [0, 0.1) is 26.2 Å². The number of carbonyl (C=O) groups excluding carboxylic acids is 2. The molecule has 0 aliphatic carbocycles. The molecule has 2 amide bonds. The first-order valence-corrected chi connectivity index (χ1v) is 7.75. The van der Waals surface area contributed by atoms with Crippen molar-refractivity contribution < 1.29 is 19.6 Å². The van der Waals surface area contributed by atoms with Crippen LogP contribution in [-0.2, 0) is 16.0 Å². The van der Waals surface area contributed by atoms with Gasteiger partial charge >= 0.3 is 7.12 Å². The minimum Gasteiger partial charge on any atom is -0.426 e. The predicted molar refractivity (Wildman–Crippen MR) is 92.8 cm³/mol. The van der Waals surface area contributed by atoms with Gasteiger partial charge in [-0.1, -0.05) is 23.8 Å². The molecule has 0 radical (unpaired) electrons. The lowest BCUT2D eigenvalue weighted by atomic mass is 9.75. The van der Waals surface area contributed by atoms with E-state index in [-0.39, 0.29) is 13.0 Å². The number of aryl methyl sites for hydroxylation is 2. The van der Waals surface area contributed by atoms with Crippen LogP contribution in [0.25, 0.3) is 0 Å². The zero-order chi connectivity index (χ0) is 18.3. The quantitative estimate of drug-likeness (QED) is 0.478. The van der Waals surface area contributed by atoms with E-state index in [1.807, 2.05) is 38.0 Å². The summed E-state index contributed by atoms with van der Waals surface area (Å²) in [6.07, 6.45) is 5.32. The fourth-order valence-corrected chi connectivity index (χ4v) is 2.39. The first-order valence-electron chi connectivity index (χ1n) is 7.75. The number of benzene rings is 1. The molecule has 7 heteroatoms. The molecular weight excluding hydrogens is 307 g/mol. The van der Waals surface area contributed by atoms with Crippen molar-refractivity contribution in [1.29, 1.82) is 0 Å². The fourth-order valence-electron chi connectivity index (χ4n) is 2.39. The van der Waals surface area contributed by atoms with Crippen molar-refractivity contribution in [1.82, 2.24) is 10.2 Å². The summed E-state index contributed by atoms with van der Waals surface area (Å²) in [7, 11) is -1.71. The van der Waals surface area contributed by atoms with Gasteiger partial charge in [0.15, 0.2) is 0 Å². The highest BCUT2D eigenvalue weighted by Crippen LogP contribution is 2.13. The zero-order valence-electron chi connectivity index (χ0n) is 14.2. The molecule has 0 aliphatic rings. The second-order valence-electron chi connectivity index (χ2n) is 5.69. The Balaban J connectivity index is 2.77. The number of hydrogen-bond donors (Lipinski definition) is 3. The average Bonchev–Trinajstić information content (AvgIpc) is 2.53. The lowest BCUT2D eigenvalue weighted by molar-refractivity contribution is -0.131. The minimum atomic E-state index is -1.71. The molecule has 0 saturated heterocycles. The number of carbonyl (C=O) groups is 2. The van der Waals surface area contributed by atoms with Crippen LogP contribution in [0.3, 0.4) is 0 Å². The van der Waals surface area contributed by atoms with Crippen molar-refractivity contribution in [2.45, 2.75) is 33.1 Å². The van der Waals surface area contributed by atoms with Crippen molar-refractivity contribution in [3.63, 3.8) is 0 Å². The topological polar surface area (TPSA) is 89.9 Å². The number of nitrogens with zero attached hydrogens (tertiary/aromatic N) is 1. The van der Waals surface area contributed by atoms with Crippen LogP contribution in [0.15, 0.2) is 18.2 Å². The molecule has 0 aromatic heterocycles. The molecule has 128 valence electrons. The molecular formula is C17H23BN2O4. The standard InChI is InChI=1S/C17H23BN2O4/c1-5-17(22)20(6-2)11-16(21)19-15(18(23)24)10-14-8-7-12(3)9-13(14)4/h1,7-9,15,23-24H,6,10-11H2,2-4H3,(H,19,21). The highest BCUT2D eigenvalue weighted by molar-refractivity contribution is 6.43. The summed E-state index contributed by atoms with van der Waals surface area (Å²) < 4.78 is 0. The number of likely N-dealkylation sites (N-methyl/N-ethyl adjacent to an activating group) is 1. The number of amides is 2. The molecule has 24 heavy (non-hydrogen) atoms. The van der Waals surface area contributed by atoms with Crippen LogP contribution in [0.1, 0.15) is 23.6 Å². The van der Waals surface area contributed by atoms with Gasteiger partial charge in [-0.3, -0.25) is 9.59 Å². The Labute approximate surface area is 143 Å². The second kappa shape index (κ2) is 9.11. The molecule has 3 N–H and O–H groups in total. The number of rotatable bonds is 7. The van der Waals surface area contributed by atoms with Crippen molar-refractivity contribution in [3.05, 3.63) is 34.9 Å². The zero-order valence-corrected chi connectivity index (χ0v) is 14.2. The number of nitrogens with one attached hydrogen (secondary N) is 1. The first kappa shape index (κ1) is 19.8. The van der Waals surface area contributed by atoms with Gasteiger partial charge in [0.05, 0.1) is 5.94 Å². The summed E-state index contributed by atoms with van der Waals surface area (Å²) in [4.78, 5) is 24.8. The van der Waals surface area contributed by atoms with Crippen LogP contribution in [0.2, 0.25) is 0 Å². The maximum atomic E-state index is 12.1. The Bertz CT molecular complexity index is 640. The summed E-state index contributed by atoms with van der Waals surface area (Å²) in [5.41, 5.74) is 3.02. The number of terminal acetylenes is 1. The van der Waals surface area contributed by atoms with Gasteiger partial charge in [0, 0.05) is 6.54 Å². The van der Waals surface area contributed by atoms with Crippen molar-refractivity contribution >= 4 is 18.9 Å². The molecule has 1 aromatic rings. The third kappa shape index (κ3) is 5.72. The molecule has 6 nitrogen and oxygen atoms in total. The van der Waals surface area contributed by atoms with Crippen LogP contribution in [0.4, 0.5) is 0 Å². The molecule has 1 rings (SSSR count). The van der Waals surface area contributed by atoms with E-state index in [0.717, 1.165) is 16.7 Å². The summed E-state index contributed by atoms with van der Waals surface area (Å²) in [6, 6.07) is 5.81. The average molecular weight is 330 g/mol. The fraction of sp³-hybridized carbons (Fsp3) is 0.412. The SMILES string of the molecule is C#CC(=O)N(CC)CC(=O)NC(Cc1ccc(C)cc1C)B(O)O. The molecule has 1 aromatic carbocycles. The second-order valence-corrected chi connectivity index (χ2v) is 5.69. The van der Waals surface area contributed by atoms with Gasteiger partial charge in [-0.15, -0.1) is 6.42 Å². The smallest absolute Gasteiger partial charge is 0.426 e. The van der Waals surface area contributed by atoms with Crippen molar-refractivity contribution in [3.8, 4) is 12.3 Å². The summed E-state index contributed by atoms with van der Waals surface area (Å²) in [5, 5.41) is 21.6. The van der Waals surface area contributed by atoms with Crippen LogP contribution in [-0.4, -0.2) is 52.9 Å². The Morgan fingerprint density at radius 2 is 2.04 bits per heavy atom. The molecule has 0 fully saturated rings. The van der Waals surface area contributed by atoms with E-state index in [4.69, 9.17) is 6.42 Å². The number of hydrogen-bond acceptors (Lipinski definition) is 4. The molecule has 0 saturated carbocycles. The van der Waals surface area contributed by atoms with Gasteiger partial charge in [-0.05, 0) is 44.2 Å². The Hall–Kier alpha value is -2.30. The van der Waals surface area contributed by atoms with Crippen molar-refractivity contribution in [2.75, 3.05) is 13.1 Å². The molecule has 1 atom stereocenters. The third-order valence-electron chi connectivity index (χ3n) is 3.77. The van der Waals surface area contributed by atoms with E-state index in [2.05, 4.69) is 5.32 Å². The van der Waals surface area contributed by atoms with Gasteiger partial charge < -0.3 is 20.3 Å². The normalized spacial score (nSPS) is 11.3. The third-order valence-corrected chi connectivity index (χ3v) is 3.77. The molecule has 0 aliphatic heterocycles. The van der Waals surface area contributed by atoms with E-state index in [0.29, 0.717) is 6.54 Å². The van der Waals surface area contributed by atoms with Crippen LogP contribution >= 0.6 is 0 Å². The Kier molecular flexibility index (Phi) is 7.50. The van der Waals surface area contributed by atoms with Gasteiger partial charge in [0.25, 0.3) is 5.91 Å². The molecule has 0 heterocycles. The van der Waals surface area contributed by atoms with Crippen LogP contribution in [0.5, 0.6) is 0 Å². The highest BCUT2D eigenvalue weighted by atomic mass is 16.4. The minimum absolute atomic E-state index is 0.227. The summed E-state index contributed by atoms with van der Waals surface area (Å²) in [6.45, 7) is 5.67. The first-order chi connectivity index (χ1) is 11.3. The Morgan fingerprint density at radius 1 is 1.38 bits per heavy atom. The molecule has 0 bridgehead atoms. The van der Waals surface area contributed by atoms with Crippen molar-refractivity contribution in [2.24, 2.45) is 0 Å². The predicted octanol–water partition coefficient (Wildman–Crippen LogP) is -0.176. The maximum Gasteiger partial charge on any atom is 0.475 e. The Morgan fingerprint density at radius 3 is 2.54 bits per heavy atom. The van der Waals surface area contributed by atoms with Gasteiger partial charge in [-0.25, -0.2) is 0 Å². The van der Waals surface area contributed by atoms with E-state index in [1.165, 1.54) is 4.90 Å². The van der Waals surface area contributed by atoms with E-state index in [1.54, 1.807) is 6.92 Å². The van der Waals surface area contributed by atoms with E-state index >= 15 is 0 Å². The van der Waals surface area contributed by atoms with Crippen LogP contribution < -0.4 is 5.32 Å². The lowest BCUT2D eigenvalue weighted by Gasteiger charge is -2.22. The van der Waals surface area contributed by atoms with Gasteiger partial charge in [0.2, 0.25) is 5.91 Å². The summed E-state index contributed by atoms with van der Waals surface area (Å²) in [5.74, 6) is 0.00452. The van der Waals surface area contributed by atoms with E-state index in [9.17, 15) is 19.6 Å². The van der Waals surface area contributed by atoms with Gasteiger partial charge in [-0.2, -0.15) is 0 Å². The lowest BCUT2D eigenvalue weighted by Crippen LogP contribution is -2.51. The molecule has 1 unspecified atom stereocenters. The highest BCUT2D eigenvalue weighted by Gasteiger charge is 2.27.